The normalized spacial score (nSPS) is 10.7. The molecular weight excluding hydrogens is 440 g/mol. The van der Waals surface area contributed by atoms with Crippen molar-refractivity contribution in [1.82, 2.24) is 0 Å². The summed E-state index contributed by atoms with van der Waals surface area (Å²) in [5.74, 6) is 0. The lowest BCUT2D eigenvalue weighted by atomic mass is 9.85. The van der Waals surface area contributed by atoms with Crippen LogP contribution in [0, 0.1) is 0 Å². The van der Waals surface area contributed by atoms with E-state index in [1.54, 1.807) is 0 Å². The number of rotatable bonds is 4. The lowest BCUT2D eigenvalue weighted by molar-refractivity contribution is 1.53. The molecule has 0 radical (unpaired) electrons. The minimum absolute atomic E-state index is 1.09. The van der Waals surface area contributed by atoms with Crippen molar-refractivity contribution < 1.29 is 0 Å². The molecule has 0 atom stereocenters. The minimum Gasteiger partial charge on any atom is -0.0622 e. The Labute approximate surface area is 192 Å². The van der Waals surface area contributed by atoms with Gasteiger partial charge in [-0.25, -0.2) is 0 Å². The van der Waals surface area contributed by atoms with Crippen LogP contribution in [0.2, 0.25) is 0 Å². The van der Waals surface area contributed by atoms with Gasteiger partial charge in [0.2, 0.25) is 0 Å². The van der Waals surface area contributed by atoms with Crippen molar-refractivity contribution in [3.63, 3.8) is 0 Å². The zero-order chi connectivity index (χ0) is 21.0. The van der Waals surface area contributed by atoms with E-state index in [0.29, 0.717) is 0 Å². The summed E-state index contributed by atoms with van der Waals surface area (Å²) < 4.78 is 1.09. The first-order valence-corrected chi connectivity index (χ1v) is 11.2. The van der Waals surface area contributed by atoms with Gasteiger partial charge in [0.15, 0.2) is 0 Å². The van der Waals surface area contributed by atoms with Gasteiger partial charge in [-0.3, -0.25) is 0 Å². The largest absolute Gasteiger partial charge is 0.0622 e. The van der Waals surface area contributed by atoms with E-state index in [9.17, 15) is 0 Å². The van der Waals surface area contributed by atoms with Crippen LogP contribution >= 0.6 is 15.9 Å². The predicted octanol–water partition coefficient (Wildman–Crippen LogP) is 9.12. The number of halogens is 1. The summed E-state index contributed by atoms with van der Waals surface area (Å²) >= 11 is 3.80. The Morgan fingerprint density at radius 1 is 0.355 bits per heavy atom. The van der Waals surface area contributed by atoms with E-state index in [1.807, 2.05) is 0 Å². The first-order chi connectivity index (χ1) is 15.3. The molecule has 0 aromatic heterocycles. The fourth-order valence-corrected chi connectivity index (χ4v) is 4.59. The summed E-state index contributed by atoms with van der Waals surface area (Å²) in [6, 6.07) is 45.1. The van der Waals surface area contributed by atoms with Gasteiger partial charge < -0.3 is 0 Å². The second-order valence-corrected chi connectivity index (χ2v) is 8.38. The highest BCUT2D eigenvalue weighted by Crippen LogP contribution is 2.44. The maximum Gasteiger partial charge on any atom is 0.0253 e. The molecule has 5 aromatic rings. The van der Waals surface area contributed by atoms with Crippen LogP contribution in [0.4, 0.5) is 0 Å². The molecule has 0 unspecified atom stereocenters. The molecule has 5 aromatic carbocycles. The van der Waals surface area contributed by atoms with Gasteiger partial charge in [0.05, 0.1) is 0 Å². The summed E-state index contributed by atoms with van der Waals surface area (Å²) in [4.78, 5) is 0. The monoisotopic (exact) mass is 460 g/mol. The van der Waals surface area contributed by atoms with E-state index in [0.717, 1.165) is 4.47 Å². The molecule has 0 saturated heterocycles. The van der Waals surface area contributed by atoms with Crippen molar-refractivity contribution in [2.24, 2.45) is 0 Å². The van der Waals surface area contributed by atoms with Gasteiger partial charge in [0, 0.05) is 4.47 Å². The lowest BCUT2D eigenvalue weighted by Crippen LogP contribution is -1.93. The van der Waals surface area contributed by atoms with Crippen LogP contribution in [-0.2, 0) is 0 Å². The summed E-state index contributed by atoms with van der Waals surface area (Å²) in [5.41, 5.74) is 9.75. The molecule has 0 nitrogen and oxygen atoms in total. The predicted molar refractivity (Wildman–Crippen MR) is 136 cm³/mol. The van der Waals surface area contributed by atoms with E-state index >= 15 is 0 Å². The van der Waals surface area contributed by atoms with E-state index in [1.165, 1.54) is 44.5 Å². The van der Waals surface area contributed by atoms with Crippen molar-refractivity contribution in [2.75, 3.05) is 0 Å². The van der Waals surface area contributed by atoms with Crippen molar-refractivity contribution in [1.29, 1.82) is 0 Å². The molecule has 5 rings (SSSR count). The first kappa shape index (κ1) is 19.5. The van der Waals surface area contributed by atoms with Crippen LogP contribution < -0.4 is 0 Å². The third kappa shape index (κ3) is 3.97. The van der Waals surface area contributed by atoms with Crippen LogP contribution in [0.25, 0.3) is 44.5 Å². The molecule has 0 aliphatic heterocycles. The topological polar surface area (TPSA) is 0 Å². The summed E-state index contributed by atoms with van der Waals surface area (Å²) in [7, 11) is 0. The van der Waals surface area contributed by atoms with Gasteiger partial charge in [0.1, 0.15) is 0 Å². The average Bonchev–Trinajstić information content (AvgIpc) is 2.85. The van der Waals surface area contributed by atoms with Gasteiger partial charge in [-0.15, -0.1) is 0 Å². The van der Waals surface area contributed by atoms with E-state index < -0.39 is 0 Å². The SMILES string of the molecule is Brc1ccccc1-c1cc(-c2ccccc2)cc(-c2ccccc2)c1-c1ccccc1. The maximum absolute atomic E-state index is 3.80. The van der Waals surface area contributed by atoms with E-state index in [2.05, 4.69) is 143 Å². The third-order valence-corrected chi connectivity index (χ3v) is 6.25. The second-order valence-electron chi connectivity index (χ2n) is 7.52. The molecule has 0 N–H and O–H groups in total. The van der Waals surface area contributed by atoms with Crippen molar-refractivity contribution in [3.8, 4) is 44.5 Å². The van der Waals surface area contributed by atoms with Crippen LogP contribution in [0.5, 0.6) is 0 Å². The van der Waals surface area contributed by atoms with E-state index in [-0.39, 0.29) is 0 Å². The van der Waals surface area contributed by atoms with Crippen molar-refractivity contribution >= 4 is 15.9 Å². The molecule has 1 heteroatoms. The Morgan fingerprint density at radius 3 is 1.45 bits per heavy atom. The minimum atomic E-state index is 1.09. The third-order valence-electron chi connectivity index (χ3n) is 5.56. The maximum atomic E-state index is 3.80. The highest BCUT2D eigenvalue weighted by Gasteiger charge is 2.18. The number of benzene rings is 5. The molecule has 0 bridgehead atoms. The summed E-state index contributed by atoms with van der Waals surface area (Å²) in [6.07, 6.45) is 0. The second kappa shape index (κ2) is 8.75. The molecule has 0 heterocycles. The van der Waals surface area contributed by atoms with Crippen molar-refractivity contribution in [3.05, 3.63) is 132 Å². The molecule has 31 heavy (non-hydrogen) atoms. The fourth-order valence-electron chi connectivity index (χ4n) is 4.09. The Balaban J connectivity index is 1.90. The molecule has 0 saturated carbocycles. The van der Waals surface area contributed by atoms with E-state index in [4.69, 9.17) is 0 Å². The fraction of sp³-hybridized carbons (Fsp3) is 0. The Kier molecular flexibility index (Phi) is 5.52. The first-order valence-electron chi connectivity index (χ1n) is 10.4. The molecule has 0 fully saturated rings. The zero-order valence-corrected chi connectivity index (χ0v) is 18.6. The Morgan fingerprint density at radius 2 is 0.839 bits per heavy atom. The number of hydrogen-bond acceptors (Lipinski definition) is 0. The van der Waals surface area contributed by atoms with Crippen LogP contribution in [0.3, 0.4) is 0 Å². The zero-order valence-electron chi connectivity index (χ0n) is 17.0. The average molecular weight is 461 g/mol. The van der Waals surface area contributed by atoms with Gasteiger partial charge in [0.25, 0.3) is 0 Å². The Bertz CT molecular complexity index is 1310. The standard InChI is InChI=1S/C30H21Br/c31-29-19-11-10-18-26(29)28-21-25(22-12-4-1-5-13-22)20-27(23-14-6-2-7-15-23)30(28)24-16-8-3-9-17-24/h1-21H. The molecular formula is C30H21Br. The van der Waals surface area contributed by atoms with Crippen LogP contribution in [0.1, 0.15) is 0 Å². The highest BCUT2D eigenvalue weighted by atomic mass is 79.9. The van der Waals surface area contributed by atoms with Gasteiger partial charge in [-0.2, -0.15) is 0 Å². The van der Waals surface area contributed by atoms with Crippen LogP contribution in [-0.4, -0.2) is 0 Å². The van der Waals surface area contributed by atoms with Gasteiger partial charge in [-0.05, 0) is 62.7 Å². The van der Waals surface area contributed by atoms with Crippen LogP contribution in [0.15, 0.2) is 132 Å². The van der Waals surface area contributed by atoms with Crippen molar-refractivity contribution in [2.45, 2.75) is 0 Å². The number of hydrogen-bond donors (Lipinski definition) is 0. The summed E-state index contributed by atoms with van der Waals surface area (Å²) in [6.45, 7) is 0. The quantitative estimate of drug-likeness (QED) is 0.250. The highest BCUT2D eigenvalue weighted by molar-refractivity contribution is 9.10. The molecule has 0 aliphatic carbocycles. The molecule has 0 amide bonds. The molecule has 148 valence electrons. The van der Waals surface area contributed by atoms with Gasteiger partial charge >= 0.3 is 0 Å². The molecule has 0 aliphatic rings. The smallest absolute Gasteiger partial charge is 0.0253 e. The lowest BCUT2D eigenvalue weighted by Gasteiger charge is -2.19. The van der Waals surface area contributed by atoms with Gasteiger partial charge in [-0.1, -0.05) is 125 Å². The molecule has 0 spiro atoms. The summed E-state index contributed by atoms with van der Waals surface area (Å²) in [5, 5.41) is 0. The Hall–Kier alpha value is -3.42.